The van der Waals surface area contributed by atoms with Gasteiger partial charge in [-0.2, -0.15) is 0 Å². The fraction of sp³-hybridized carbons (Fsp3) is 0.382. The van der Waals surface area contributed by atoms with Crippen LogP contribution in [0, 0.1) is 6.92 Å². The molecule has 7 nitrogen and oxygen atoms in total. The molecule has 0 amide bonds. The first kappa shape index (κ1) is 30.0. The summed E-state index contributed by atoms with van der Waals surface area (Å²) >= 11 is 6.23. The lowest BCUT2D eigenvalue weighted by Crippen LogP contribution is -2.36. The number of likely N-dealkylation sites (tertiary alicyclic amines) is 1. The molecule has 3 heterocycles. The number of anilines is 1. The van der Waals surface area contributed by atoms with Crippen LogP contribution < -0.4 is 9.64 Å². The van der Waals surface area contributed by atoms with Crippen molar-refractivity contribution >= 4 is 34.7 Å². The monoisotopic (exact) mass is 589 g/mol. The molecule has 0 bridgehead atoms. The third kappa shape index (κ3) is 7.09. The number of halogens is 1. The Morgan fingerprint density at radius 1 is 1.00 bits per heavy atom. The normalized spacial score (nSPS) is 17.4. The summed E-state index contributed by atoms with van der Waals surface area (Å²) in [5.74, 6) is 0.902. The zero-order chi connectivity index (χ0) is 29.5. The van der Waals surface area contributed by atoms with Crippen molar-refractivity contribution in [2.24, 2.45) is 0 Å². The van der Waals surface area contributed by atoms with Gasteiger partial charge in [0.05, 0.1) is 25.4 Å². The molecule has 1 saturated heterocycles. The number of nitrogens with one attached hydrogen (secondary N) is 1. The van der Waals surface area contributed by atoms with Gasteiger partial charge in [0, 0.05) is 53.4 Å². The number of fused-ring (bicyclic) bond motifs is 3. The number of hydrogen-bond acceptors (Lipinski definition) is 5. The van der Waals surface area contributed by atoms with Crippen molar-refractivity contribution in [1.29, 1.82) is 0 Å². The van der Waals surface area contributed by atoms with E-state index in [1.807, 2.05) is 12.1 Å². The zero-order valence-electron chi connectivity index (χ0n) is 24.4. The van der Waals surface area contributed by atoms with E-state index >= 15 is 0 Å². The lowest BCUT2D eigenvalue weighted by atomic mass is 9.91. The first-order valence-corrected chi connectivity index (χ1v) is 15.1. The van der Waals surface area contributed by atoms with Gasteiger partial charge in [-0.05, 0) is 92.9 Å². The van der Waals surface area contributed by atoms with Crippen LogP contribution >= 0.6 is 11.6 Å². The van der Waals surface area contributed by atoms with Crippen LogP contribution in [0.1, 0.15) is 47.7 Å². The third-order valence-corrected chi connectivity index (χ3v) is 8.47. The highest BCUT2D eigenvalue weighted by Gasteiger charge is 2.32. The Bertz CT molecular complexity index is 1450. The molecule has 2 aliphatic rings. The van der Waals surface area contributed by atoms with Gasteiger partial charge in [-0.15, -0.1) is 0 Å². The van der Waals surface area contributed by atoms with Gasteiger partial charge in [-0.1, -0.05) is 35.4 Å². The smallest absolute Gasteiger partial charge is 0.290 e. The molecule has 4 aromatic rings. The molecular formula is C34H40ClN3O4. The molecule has 1 atom stereocenters. The minimum absolute atomic E-state index is 0.0830. The van der Waals surface area contributed by atoms with Crippen molar-refractivity contribution in [3.05, 3.63) is 94.1 Å². The number of aromatic nitrogens is 1. The van der Waals surface area contributed by atoms with Gasteiger partial charge in [0.2, 0.25) is 0 Å². The molecule has 2 aliphatic heterocycles. The van der Waals surface area contributed by atoms with E-state index in [1.54, 1.807) is 0 Å². The number of benzene rings is 3. The van der Waals surface area contributed by atoms with E-state index < -0.39 is 0 Å². The summed E-state index contributed by atoms with van der Waals surface area (Å²) < 4.78 is 12.2. The number of nitrogens with zero attached hydrogens (tertiary/aromatic N) is 2. The minimum atomic E-state index is -0.250. The van der Waals surface area contributed by atoms with Crippen molar-refractivity contribution in [1.82, 2.24) is 9.88 Å². The van der Waals surface area contributed by atoms with Gasteiger partial charge < -0.3 is 29.4 Å². The van der Waals surface area contributed by atoms with Crippen LogP contribution in [0.25, 0.3) is 10.9 Å². The van der Waals surface area contributed by atoms with Crippen LogP contribution in [0.2, 0.25) is 5.02 Å². The fourth-order valence-electron chi connectivity index (χ4n) is 6.06. The Morgan fingerprint density at radius 2 is 1.71 bits per heavy atom. The molecule has 6 rings (SSSR count). The predicted molar refractivity (Wildman–Crippen MR) is 169 cm³/mol. The molecule has 0 spiro atoms. The van der Waals surface area contributed by atoms with E-state index in [0.29, 0.717) is 12.7 Å². The minimum Gasteiger partial charge on any atom is -0.494 e. The molecule has 8 heteroatoms. The second kappa shape index (κ2) is 14.1. The van der Waals surface area contributed by atoms with E-state index in [2.05, 4.69) is 83.4 Å². The lowest BCUT2D eigenvalue weighted by Gasteiger charge is -2.38. The number of carbonyl (C=O) groups is 1. The van der Waals surface area contributed by atoms with Gasteiger partial charge in [0.25, 0.3) is 6.47 Å². The molecule has 42 heavy (non-hydrogen) atoms. The summed E-state index contributed by atoms with van der Waals surface area (Å²) in [5.41, 5.74) is 7.61. The van der Waals surface area contributed by atoms with E-state index in [4.69, 9.17) is 31.0 Å². The van der Waals surface area contributed by atoms with Crippen LogP contribution in [0.3, 0.4) is 0 Å². The quantitative estimate of drug-likeness (QED) is 0.173. The third-order valence-electron chi connectivity index (χ3n) is 8.21. The van der Waals surface area contributed by atoms with E-state index in [-0.39, 0.29) is 12.5 Å². The summed E-state index contributed by atoms with van der Waals surface area (Å²) in [6.45, 7) is 6.53. The number of H-pyrrole nitrogens is 1. The summed E-state index contributed by atoms with van der Waals surface area (Å²) in [7, 11) is 2.18. The number of hydrogen-bond donors (Lipinski definition) is 2. The highest BCUT2D eigenvalue weighted by molar-refractivity contribution is 6.30. The maximum absolute atomic E-state index is 8.36. The largest absolute Gasteiger partial charge is 0.494 e. The van der Waals surface area contributed by atoms with Gasteiger partial charge in [-0.25, -0.2) is 0 Å². The number of ether oxygens (including phenoxy) is 2. The lowest BCUT2D eigenvalue weighted by molar-refractivity contribution is -0.122. The molecule has 1 fully saturated rings. The van der Waals surface area contributed by atoms with E-state index in [0.717, 1.165) is 62.7 Å². The molecule has 0 radical (unpaired) electrons. The Morgan fingerprint density at radius 3 is 2.43 bits per heavy atom. The van der Waals surface area contributed by atoms with Crippen LogP contribution in [-0.4, -0.2) is 67.5 Å². The number of carboxylic acid groups (broad SMARTS) is 1. The molecule has 222 valence electrons. The fourth-order valence-corrected chi connectivity index (χ4v) is 6.18. The van der Waals surface area contributed by atoms with Crippen molar-refractivity contribution in [3.8, 4) is 5.75 Å². The molecule has 0 aliphatic carbocycles. The summed E-state index contributed by atoms with van der Waals surface area (Å²) in [5, 5.41) is 8.99. The van der Waals surface area contributed by atoms with Crippen molar-refractivity contribution in [2.75, 3.05) is 44.8 Å². The van der Waals surface area contributed by atoms with Crippen molar-refractivity contribution < 1.29 is 19.4 Å². The van der Waals surface area contributed by atoms with Gasteiger partial charge in [-0.3, -0.25) is 4.79 Å². The highest BCUT2D eigenvalue weighted by Crippen LogP contribution is 2.41. The average molecular weight is 590 g/mol. The number of aryl methyl sites for hydroxylation is 1. The summed E-state index contributed by atoms with van der Waals surface area (Å²) in [6.07, 6.45) is 4.56. The summed E-state index contributed by atoms with van der Waals surface area (Å²) in [6, 6.07) is 23.6. The molecule has 3 aromatic carbocycles. The number of aromatic amines is 1. The maximum Gasteiger partial charge on any atom is 0.290 e. The SMILES string of the molecule is Cc1ccc2[nH]c3c(c2c1)CCN(c1ccc(Cl)cc1)C3c1ccc(OCCCOC2CCN(C)CC2)cc1.O=CO. The number of piperidine rings is 1. The zero-order valence-corrected chi connectivity index (χ0v) is 25.1. The van der Waals surface area contributed by atoms with Crippen molar-refractivity contribution in [2.45, 2.75) is 44.8 Å². The van der Waals surface area contributed by atoms with Crippen LogP contribution in [0.15, 0.2) is 66.7 Å². The van der Waals surface area contributed by atoms with Gasteiger partial charge >= 0.3 is 0 Å². The van der Waals surface area contributed by atoms with E-state index in [1.165, 1.54) is 39.0 Å². The molecule has 2 N–H and O–H groups in total. The van der Waals surface area contributed by atoms with Crippen LogP contribution in [0.4, 0.5) is 5.69 Å². The Kier molecular flexibility index (Phi) is 10.1. The average Bonchev–Trinajstić information content (AvgIpc) is 3.36. The molecule has 1 aromatic heterocycles. The number of rotatable bonds is 8. The predicted octanol–water partition coefficient (Wildman–Crippen LogP) is 6.86. The van der Waals surface area contributed by atoms with E-state index in [9.17, 15) is 0 Å². The second-order valence-electron chi connectivity index (χ2n) is 11.1. The highest BCUT2D eigenvalue weighted by atomic mass is 35.5. The Balaban J connectivity index is 0.00000113. The maximum atomic E-state index is 8.36. The van der Waals surface area contributed by atoms with Gasteiger partial charge in [0.15, 0.2) is 0 Å². The second-order valence-corrected chi connectivity index (χ2v) is 11.6. The topological polar surface area (TPSA) is 78.0 Å². The van der Waals surface area contributed by atoms with Gasteiger partial charge in [0.1, 0.15) is 5.75 Å². The molecule has 0 saturated carbocycles. The van der Waals surface area contributed by atoms with Crippen LogP contribution in [-0.2, 0) is 16.0 Å². The molecule has 1 unspecified atom stereocenters. The van der Waals surface area contributed by atoms with Crippen molar-refractivity contribution in [3.63, 3.8) is 0 Å². The Labute approximate surface area is 253 Å². The molecular weight excluding hydrogens is 550 g/mol. The first-order chi connectivity index (χ1) is 20.5. The summed E-state index contributed by atoms with van der Waals surface area (Å²) in [4.78, 5) is 17.0. The first-order valence-electron chi connectivity index (χ1n) is 14.7. The Hall–Kier alpha value is -3.52. The standard InChI is InChI=1S/C33H38ClN3O2.CH2O2/c1-23-4-13-31-30(22-23)29-16-19-37(26-9-7-25(34)8-10-26)33(32(29)35-31)24-5-11-27(12-6-24)38-20-3-21-39-28-14-17-36(2)18-15-28;2-1-3/h4-13,22,28,33,35H,3,14-21H2,1-2H3;1H,(H,2,3). The van der Waals surface area contributed by atoms with Crippen LogP contribution in [0.5, 0.6) is 5.75 Å².